The Balaban J connectivity index is 1.54. The molecule has 3 rings (SSSR count). The van der Waals surface area contributed by atoms with E-state index in [1.165, 1.54) is 24.3 Å². The van der Waals surface area contributed by atoms with Crippen molar-refractivity contribution >= 4 is 18.1 Å². The van der Waals surface area contributed by atoms with Gasteiger partial charge in [0.2, 0.25) is 0 Å². The third kappa shape index (κ3) is 4.35. The van der Waals surface area contributed by atoms with Gasteiger partial charge in [0, 0.05) is 45.4 Å². The van der Waals surface area contributed by atoms with Gasteiger partial charge in [-0.1, -0.05) is 0 Å². The first-order valence-corrected chi connectivity index (χ1v) is 8.87. The Morgan fingerprint density at radius 3 is 2.58 bits per heavy atom. The normalized spacial score (nSPS) is 15.4. The molecule has 0 N–H and O–H groups in total. The van der Waals surface area contributed by atoms with Gasteiger partial charge in [-0.3, -0.25) is 9.69 Å². The third-order valence-electron chi connectivity index (χ3n) is 4.42. The van der Waals surface area contributed by atoms with Crippen LogP contribution in [0, 0.1) is 10.6 Å². The van der Waals surface area contributed by atoms with Crippen LogP contribution in [0.1, 0.15) is 10.4 Å². The Morgan fingerprint density at radius 2 is 1.92 bits per heavy atom. The predicted molar refractivity (Wildman–Crippen MR) is 96.8 cm³/mol. The minimum atomic E-state index is -0.340. The highest BCUT2D eigenvalue weighted by atomic mass is 32.1. The SMILES string of the molecule is COCCn1cnn(CN2CCN(C(=O)c3ccc(F)cc3)CC2)c1=S. The Hall–Kier alpha value is -2.10. The number of aromatic nitrogens is 3. The van der Waals surface area contributed by atoms with E-state index >= 15 is 0 Å². The number of carbonyl (C=O) groups is 1. The zero-order chi connectivity index (χ0) is 18.5. The second-order valence-electron chi connectivity index (χ2n) is 6.16. The first kappa shape index (κ1) is 18.7. The largest absolute Gasteiger partial charge is 0.383 e. The van der Waals surface area contributed by atoms with Gasteiger partial charge >= 0.3 is 0 Å². The molecular weight excluding hydrogens is 357 g/mol. The van der Waals surface area contributed by atoms with Crippen molar-refractivity contribution in [2.75, 3.05) is 39.9 Å². The second kappa shape index (κ2) is 8.52. The predicted octanol–water partition coefficient (Wildman–Crippen LogP) is 1.62. The van der Waals surface area contributed by atoms with E-state index in [0.29, 0.717) is 43.2 Å². The topological polar surface area (TPSA) is 55.5 Å². The fraction of sp³-hybridized carbons (Fsp3) is 0.471. The minimum Gasteiger partial charge on any atom is -0.383 e. The summed E-state index contributed by atoms with van der Waals surface area (Å²) in [5.74, 6) is -0.404. The van der Waals surface area contributed by atoms with E-state index in [1.807, 2.05) is 4.57 Å². The zero-order valence-electron chi connectivity index (χ0n) is 14.7. The van der Waals surface area contributed by atoms with Crippen molar-refractivity contribution in [1.29, 1.82) is 0 Å². The van der Waals surface area contributed by atoms with Crippen LogP contribution in [-0.2, 0) is 18.0 Å². The lowest BCUT2D eigenvalue weighted by atomic mass is 10.2. The van der Waals surface area contributed by atoms with Crippen LogP contribution in [0.2, 0.25) is 0 Å². The van der Waals surface area contributed by atoms with E-state index in [9.17, 15) is 9.18 Å². The summed E-state index contributed by atoms with van der Waals surface area (Å²) in [4.78, 5) is 16.5. The summed E-state index contributed by atoms with van der Waals surface area (Å²) in [5.41, 5.74) is 0.513. The number of hydrogen-bond acceptors (Lipinski definition) is 5. The first-order valence-electron chi connectivity index (χ1n) is 8.47. The number of ether oxygens (including phenoxy) is 1. The van der Waals surface area contributed by atoms with Gasteiger partial charge in [0.1, 0.15) is 12.1 Å². The number of piperazine rings is 1. The quantitative estimate of drug-likeness (QED) is 0.714. The monoisotopic (exact) mass is 379 g/mol. The molecule has 26 heavy (non-hydrogen) atoms. The average molecular weight is 379 g/mol. The molecule has 140 valence electrons. The molecule has 9 heteroatoms. The van der Waals surface area contributed by atoms with Crippen molar-refractivity contribution in [1.82, 2.24) is 24.1 Å². The van der Waals surface area contributed by atoms with Crippen molar-refractivity contribution in [2.45, 2.75) is 13.2 Å². The third-order valence-corrected chi connectivity index (χ3v) is 4.86. The maximum Gasteiger partial charge on any atom is 0.253 e. The van der Waals surface area contributed by atoms with Crippen LogP contribution in [0.15, 0.2) is 30.6 Å². The zero-order valence-corrected chi connectivity index (χ0v) is 15.5. The molecule has 1 aliphatic rings. The molecule has 1 saturated heterocycles. The average Bonchev–Trinajstić information content (AvgIpc) is 3.00. The van der Waals surface area contributed by atoms with Gasteiger partial charge in [-0.2, -0.15) is 5.10 Å². The molecule has 1 amide bonds. The molecule has 0 aliphatic carbocycles. The molecule has 2 heterocycles. The van der Waals surface area contributed by atoms with E-state index in [1.54, 1.807) is 23.0 Å². The van der Waals surface area contributed by atoms with Crippen molar-refractivity contribution in [3.8, 4) is 0 Å². The number of methoxy groups -OCH3 is 1. The molecule has 1 fully saturated rings. The summed E-state index contributed by atoms with van der Waals surface area (Å²) >= 11 is 5.43. The fourth-order valence-electron chi connectivity index (χ4n) is 2.87. The second-order valence-corrected chi connectivity index (χ2v) is 6.52. The van der Waals surface area contributed by atoms with Crippen LogP contribution in [-0.4, -0.2) is 70.0 Å². The van der Waals surface area contributed by atoms with Gasteiger partial charge in [0.05, 0.1) is 13.3 Å². The summed E-state index contributed by atoms with van der Waals surface area (Å²) < 4.78 is 22.4. The van der Waals surface area contributed by atoms with Gasteiger partial charge < -0.3 is 14.2 Å². The highest BCUT2D eigenvalue weighted by molar-refractivity contribution is 7.71. The Labute approximate surface area is 156 Å². The van der Waals surface area contributed by atoms with Crippen LogP contribution < -0.4 is 0 Å². The summed E-state index contributed by atoms with van der Waals surface area (Å²) in [6.07, 6.45) is 1.72. The van der Waals surface area contributed by atoms with Gasteiger partial charge in [0.25, 0.3) is 5.91 Å². The summed E-state index contributed by atoms with van der Waals surface area (Å²) in [6.45, 7) is 4.57. The van der Waals surface area contributed by atoms with E-state index in [0.717, 1.165) is 13.1 Å². The van der Waals surface area contributed by atoms with E-state index in [2.05, 4.69) is 10.00 Å². The standard InChI is InChI=1S/C17H22FN5O2S/c1-25-11-10-22-12-19-23(17(22)26)13-20-6-8-21(9-7-20)16(24)14-2-4-15(18)5-3-14/h2-5,12H,6-11,13H2,1H3. The number of rotatable bonds is 6. The molecule has 2 aromatic rings. The molecule has 0 atom stereocenters. The number of amides is 1. The Bertz CT molecular complexity index is 796. The number of benzene rings is 1. The molecule has 0 spiro atoms. The molecule has 1 aromatic carbocycles. The Kier molecular flexibility index (Phi) is 6.12. The minimum absolute atomic E-state index is 0.0647. The molecule has 0 unspecified atom stereocenters. The van der Waals surface area contributed by atoms with Crippen molar-refractivity contribution in [3.63, 3.8) is 0 Å². The maximum atomic E-state index is 13.0. The van der Waals surface area contributed by atoms with Crippen LogP contribution in [0.4, 0.5) is 4.39 Å². The fourth-order valence-corrected chi connectivity index (χ4v) is 3.11. The van der Waals surface area contributed by atoms with Crippen molar-refractivity contribution in [2.24, 2.45) is 0 Å². The van der Waals surface area contributed by atoms with E-state index in [-0.39, 0.29) is 11.7 Å². The summed E-state index contributed by atoms with van der Waals surface area (Å²) in [6, 6.07) is 5.67. The molecule has 0 saturated carbocycles. The molecular formula is C17H22FN5O2S. The number of halogens is 1. The Morgan fingerprint density at radius 1 is 1.23 bits per heavy atom. The first-order chi connectivity index (χ1) is 12.6. The highest BCUT2D eigenvalue weighted by Crippen LogP contribution is 2.10. The van der Waals surface area contributed by atoms with Crippen molar-refractivity contribution < 1.29 is 13.9 Å². The van der Waals surface area contributed by atoms with Crippen LogP contribution >= 0.6 is 12.2 Å². The maximum absolute atomic E-state index is 13.0. The van der Waals surface area contributed by atoms with Gasteiger partial charge in [-0.25, -0.2) is 9.07 Å². The molecule has 1 aromatic heterocycles. The summed E-state index contributed by atoms with van der Waals surface area (Å²) in [7, 11) is 1.65. The smallest absolute Gasteiger partial charge is 0.253 e. The molecule has 0 radical (unpaired) electrons. The summed E-state index contributed by atoms with van der Waals surface area (Å²) in [5, 5.41) is 4.33. The lowest BCUT2D eigenvalue weighted by molar-refractivity contribution is 0.0585. The number of carbonyl (C=O) groups excluding carboxylic acids is 1. The van der Waals surface area contributed by atoms with Crippen LogP contribution in [0.3, 0.4) is 0 Å². The van der Waals surface area contributed by atoms with Crippen LogP contribution in [0.25, 0.3) is 0 Å². The van der Waals surface area contributed by atoms with Gasteiger partial charge in [0.15, 0.2) is 4.77 Å². The van der Waals surface area contributed by atoms with Gasteiger partial charge in [-0.05, 0) is 36.5 Å². The lowest BCUT2D eigenvalue weighted by Gasteiger charge is -2.34. The van der Waals surface area contributed by atoms with Crippen molar-refractivity contribution in [3.05, 3.63) is 46.7 Å². The van der Waals surface area contributed by atoms with Gasteiger partial charge in [-0.15, -0.1) is 0 Å². The van der Waals surface area contributed by atoms with Crippen LogP contribution in [0.5, 0.6) is 0 Å². The number of nitrogens with zero attached hydrogens (tertiary/aromatic N) is 5. The lowest BCUT2D eigenvalue weighted by Crippen LogP contribution is -2.49. The number of hydrogen-bond donors (Lipinski definition) is 0. The molecule has 7 nitrogen and oxygen atoms in total. The molecule has 1 aliphatic heterocycles. The van der Waals surface area contributed by atoms with E-state index < -0.39 is 0 Å². The molecule has 0 bridgehead atoms. The van der Waals surface area contributed by atoms with E-state index in [4.69, 9.17) is 17.0 Å². The highest BCUT2D eigenvalue weighted by Gasteiger charge is 2.22.